The molecule has 0 bridgehead atoms. The van der Waals surface area contributed by atoms with Crippen molar-refractivity contribution in [3.05, 3.63) is 0 Å². The SMILES string of the molecule is CC(C)C.CCC(=O)NC. The molecule has 0 unspecified atom stereocenters. The predicted octanol–water partition coefficient (Wildman–Crippen LogP) is 1.80. The molecule has 0 saturated carbocycles. The van der Waals surface area contributed by atoms with Crippen LogP contribution in [0.4, 0.5) is 0 Å². The third-order valence-electron chi connectivity index (χ3n) is 0.600. The topological polar surface area (TPSA) is 29.1 Å². The standard InChI is InChI=1S/C4H9NO.C4H10/c1-3-4(6)5-2;1-4(2)3/h3H2,1-2H3,(H,5,6);4H,1-3H3. The molecule has 0 aliphatic carbocycles. The Morgan fingerprint density at radius 2 is 1.70 bits per heavy atom. The average Bonchev–Trinajstić information content (AvgIpc) is 1.85. The second-order valence-corrected chi connectivity index (χ2v) is 2.76. The van der Waals surface area contributed by atoms with Crippen molar-refractivity contribution in [1.29, 1.82) is 0 Å². The molecule has 0 radical (unpaired) electrons. The average molecular weight is 145 g/mol. The van der Waals surface area contributed by atoms with Crippen molar-refractivity contribution in [2.24, 2.45) is 5.92 Å². The van der Waals surface area contributed by atoms with Gasteiger partial charge in [0.2, 0.25) is 5.91 Å². The van der Waals surface area contributed by atoms with Crippen LogP contribution in [0.3, 0.4) is 0 Å². The molecule has 2 nitrogen and oxygen atoms in total. The molecule has 10 heavy (non-hydrogen) atoms. The van der Waals surface area contributed by atoms with Crippen LogP contribution in [0.15, 0.2) is 0 Å². The van der Waals surface area contributed by atoms with Gasteiger partial charge in [-0.1, -0.05) is 27.7 Å². The van der Waals surface area contributed by atoms with Crippen LogP contribution in [0, 0.1) is 5.92 Å². The molecule has 0 saturated heterocycles. The molecular weight excluding hydrogens is 126 g/mol. The highest BCUT2D eigenvalue weighted by Crippen LogP contribution is 1.81. The van der Waals surface area contributed by atoms with Gasteiger partial charge < -0.3 is 5.32 Å². The number of hydrogen-bond acceptors (Lipinski definition) is 1. The van der Waals surface area contributed by atoms with Gasteiger partial charge in [-0.25, -0.2) is 0 Å². The Labute approximate surface area is 64.0 Å². The zero-order valence-electron chi connectivity index (χ0n) is 7.69. The Hall–Kier alpha value is -0.530. The van der Waals surface area contributed by atoms with E-state index in [2.05, 4.69) is 26.1 Å². The van der Waals surface area contributed by atoms with Crippen LogP contribution in [-0.4, -0.2) is 13.0 Å². The largest absolute Gasteiger partial charge is 0.359 e. The summed E-state index contributed by atoms with van der Waals surface area (Å²) in [7, 11) is 1.63. The van der Waals surface area contributed by atoms with Crippen LogP contribution in [0.25, 0.3) is 0 Å². The third kappa shape index (κ3) is 26.0. The number of rotatable bonds is 1. The fourth-order valence-electron chi connectivity index (χ4n) is 0.177. The molecule has 0 aromatic carbocycles. The smallest absolute Gasteiger partial charge is 0.219 e. The predicted molar refractivity (Wildman–Crippen MR) is 44.9 cm³/mol. The van der Waals surface area contributed by atoms with Crippen LogP contribution in [-0.2, 0) is 4.79 Å². The first kappa shape index (κ1) is 12.2. The summed E-state index contributed by atoms with van der Waals surface area (Å²) in [5, 5.41) is 2.48. The van der Waals surface area contributed by atoms with Crippen LogP contribution >= 0.6 is 0 Å². The van der Waals surface area contributed by atoms with Gasteiger partial charge in [0.25, 0.3) is 0 Å². The van der Waals surface area contributed by atoms with Gasteiger partial charge in [-0.2, -0.15) is 0 Å². The molecule has 2 heteroatoms. The lowest BCUT2D eigenvalue weighted by Gasteiger charge is -1.87. The van der Waals surface area contributed by atoms with Gasteiger partial charge in [0.05, 0.1) is 0 Å². The summed E-state index contributed by atoms with van der Waals surface area (Å²) in [6, 6.07) is 0. The van der Waals surface area contributed by atoms with Crippen LogP contribution in [0.2, 0.25) is 0 Å². The number of nitrogens with one attached hydrogen (secondary N) is 1. The van der Waals surface area contributed by atoms with Gasteiger partial charge >= 0.3 is 0 Å². The van der Waals surface area contributed by atoms with E-state index in [9.17, 15) is 4.79 Å². The molecule has 0 aliphatic heterocycles. The van der Waals surface area contributed by atoms with Crippen molar-refractivity contribution in [3.63, 3.8) is 0 Å². The van der Waals surface area contributed by atoms with E-state index in [1.54, 1.807) is 7.05 Å². The Bertz CT molecular complexity index is 70.6. The molecule has 0 spiro atoms. The van der Waals surface area contributed by atoms with Gasteiger partial charge in [-0.3, -0.25) is 4.79 Å². The van der Waals surface area contributed by atoms with Crippen LogP contribution in [0.1, 0.15) is 34.1 Å². The summed E-state index contributed by atoms with van der Waals surface area (Å²) < 4.78 is 0. The van der Waals surface area contributed by atoms with E-state index in [1.807, 2.05) is 6.92 Å². The summed E-state index contributed by atoms with van der Waals surface area (Å²) in [5.41, 5.74) is 0. The zero-order chi connectivity index (χ0) is 8.57. The first-order valence-electron chi connectivity index (χ1n) is 3.75. The number of hydrogen-bond donors (Lipinski definition) is 1. The first-order chi connectivity index (χ1) is 4.54. The summed E-state index contributed by atoms with van der Waals surface area (Å²) in [6.07, 6.45) is 0.580. The highest BCUT2D eigenvalue weighted by atomic mass is 16.1. The van der Waals surface area contributed by atoms with Gasteiger partial charge in [-0.15, -0.1) is 0 Å². The van der Waals surface area contributed by atoms with Crippen molar-refractivity contribution in [2.45, 2.75) is 34.1 Å². The molecule has 0 rings (SSSR count). The molecule has 0 fully saturated rings. The van der Waals surface area contributed by atoms with E-state index in [4.69, 9.17) is 0 Å². The van der Waals surface area contributed by atoms with Crippen molar-refractivity contribution < 1.29 is 4.79 Å². The second-order valence-electron chi connectivity index (χ2n) is 2.76. The van der Waals surface area contributed by atoms with E-state index in [-0.39, 0.29) is 5.91 Å². The normalized spacial score (nSPS) is 8.20. The fourth-order valence-corrected chi connectivity index (χ4v) is 0.177. The quantitative estimate of drug-likeness (QED) is 0.599. The Kier molecular flexibility index (Phi) is 10.3. The molecule has 62 valence electrons. The summed E-state index contributed by atoms with van der Waals surface area (Å²) >= 11 is 0. The minimum absolute atomic E-state index is 0.0926. The van der Waals surface area contributed by atoms with E-state index in [0.717, 1.165) is 5.92 Å². The minimum atomic E-state index is 0.0926. The Morgan fingerprint density at radius 1 is 1.40 bits per heavy atom. The lowest BCUT2D eigenvalue weighted by atomic mass is 10.3. The molecule has 0 atom stereocenters. The van der Waals surface area contributed by atoms with Crippen LogP contribution in [0.5, 0.6) is 0 Å². The molecule has 0 aliphatic rings. The van der Waals surface area contributed by atoms with E-state index in [0.29, 0.717) is 6.42 Å². The van der Waals surface area contributed by atoms with E-state index in [1.165, 1.54) is 0 Å². The van der Waals surface area contributed by atoms with Crippen molar-refractivity contribution in [1.82, 2.24) is 5.32 Å². The highest BCUT2D eigenvalue weighted by Gasteiger charge is 1.84. The highest BCUT2D eigenvalue weighted by molar-refractivity contribution is 5.74. The molecule has 1 N–H and O–H groups in total. The van der Waals surface area contributed by atoms with Gasteiger partial charge in [0.1, 0.15) is 0 Å². The Balaban J connectivity index is 0. The lowest BCUT2D eigenvalue weighted by Crippen LogP contribution is -2.15. The maximum Gasteiger partial charge on any atom is 0.219 e. The van der Waals surface area contributed by atoms with Gasteiger partial charge in [-0.05, 0) is 5.92 Å². The zero-order valence-corrected chi connectivity index (χ0v) is 7.69. The van der Waals surface area contributed by atoms with Crippen molar-refractivity contribution >= 4 is 5.91 Å². The monoisotopic (exact) mass is 145 g/mol. The van der Waals surface area contributed by atoms with Gasteiger partial charge in [0.15, 0.2) is 0 Å². The number of carbonyl (C=O) groups excluding carboxylic acids is 1. The molecule has 0 aromatic rings. The first-order valence-corrected chi connectivity index (χ1v) is 3.75. The summed E-state index contributed by atoms with van der Waals surface area (Å²) in [5.74, 6) is 0.926. The maximum absolute atomic E-state index is 10.1. The van der Waals surface area contributed by atoms with E-state index >= 15 is 0 Å². The number of amides is 1. The lowest BCUT2D eigenvalue weighted by molar-refractivity contribution is -0.120. The van der Waals surface area contributed by atoms with Crippen molar-refractivity contribution in [2.75, 3.05) is 7.05 Å². The van der Waals surface area contributed by atoms with Crippen molar-refractivity contribution in [3.8, 4) is 0 Å². The molecule has 1 amide bonds. The molecular formula is C8H19NO. The number of carbonyl (C=O) groups is 1. The summed E-state index contributed by atoms with van der Waals surface area (Å²) in [6.45, 7) is 8.32. The minimum Gasteiger partial charge on any atom is -0.359 e. The maximum atomic E-state index is 10.1. The molecule has 0 aromatic heterocycles. The van der Waals surface area contributed by atoms with Gasteiger partial charge in [0, 0.05) is 13.5 Å². The summed E-state index contributed by atoms with van der Waals surface area (Å²) in [4.78, 5) is 10.1. The third-order valence-corrected chi connectivity index (χ3v) is 0.600. The molecule has 0 heterocycles. The Morgan fingerprint density at radius 3 is 1.70 bits per heavy atom. The second kappa shape index (κ2) is 8.47. The van der Waals surface area contributed by atoms with E-state index < -0.39 is 0 Å². The fraction of sp³-hybridized carbons (Fsp3) is 0.875. The van der Waals surface area contributed by atoms with Crippen LogP contribution < -0.4 is 5.32 Å².